The Balaban J connectivity index is 1.89. The summed E-state index contributed by atoms with van der Waals surface area (Å²) in [5, 5.41) is 0. The molecule has 1 aromatic carbocycles. The van der Waals surface area contributed by atoms with Gasteiger partial charge < -0.3 is 4.90 Å². The fraction of sp³-hybridized carbons (Fsp3) is 0.579. The van der Waals surface area contributed by atoms with Crippen LogP contribution in [0.25, 0.3) is 0 Å². The second-order valence-corrected chi connectivity index (χ2v) is 7.11. The maximum Gasteiger partial charge on any atom is 0.0361 e. The van der Waals surface area contributed by atoms with Crippen LogP contribution in [0.4, 0.5) is 0 Å². The number of likely N-dealkylation sites (tertiary alicyclic amines) is 1. The predicted molar refractivity (Wildman–Crippen MR) is 83.8 cm³/mol. The average Bonchev–Trinajstić information content (AvgIpc) is 2.48. The van der Waals surface area contributed by atoms with E-state index in [2.05, 4.69) is 42.8 Å². The molecular formula is C19H25N. The molecule has 1 aromatic rings. The summed E-state index contributed by atoms with van der Waals surface area (Å²) in [7, 11) is 0. The van der Waals surface area contributed by atoms with E-state index in [-0.39, 0.29) is 0 Å². The van der Waals surface area contributed by atoms with E-state index in [1.54, 1.807) is 11.1 Å². The first kappa shape index (κ1) is 12.5. The summed E-state index contributed by atoms with van der Waals surface area (Å²) in [6, 6.07) is 7.91. The number of hydrogen-bond acceptors (Lipinski definition) is 1. The van der Waals surface area contributed by atoms with E-state index in [1.807, 2.05) is 0 Å². The van der Waals surface area contributed by atoms with E-state index in [9.17, 15) is 0 Å². The van der Waals surface area contributed by atoms with E-state index in [4.69, 9.17) is 0 Å². The Hall–Kier alpha value is -1.24. The van der Waals surface area contributed by atoms with Gasteiger partial charge >= 0.3 is 0 Å². The van der Waals surface area contributed by atoms with Crippen molar-refractivity contribution in [3.05, 3.63) is 47.7 Å². The third-order valence-electron chi connectivity index (χ3n) is 6.27. The fourth-order valence-electron chi connectivity index (χ4n) is 5.38. The van der Waals surface area contributed by atoms with E-state index >= 15 is 0 Å². The average molecular weight is 267 g/mol. The smallest absolute Gasteiger partial charge is 0.0361 e. The molecule has 0 unspecified atom stereocenters. The van der Waals surface area contributed by atoms with Crippen LogP contribution in [0.1, 0.15) is 48.8 Å². The summed E-state index contributed by atoms with van der Waals surface area (Å²) in [5.41, 5.74) is 5.25. The predicted octanol–water partition coefficient (Wildman–Crippen LogP) is 4.20. The van der Waals surface area contributed by atoms with Crippen LogP contribution in [0.3, 0.4) is 0 Å². The van der Waals surface area contributed by atoms with E-state index < -0.39 is 0 Å². The summed E-state index contributed by atoms with van der Waals surface area (Å²) < 4.78 is 0. The number of fused-ring (bicyclic) bond motifs is 1. The van der Waals surface area contributed by atoms with E-state index in [0.717, 1.165) is 5.92 Å². The molecule has 2 bridgehead atoms. The van der Waals surface area contributed by atoms with Gasteiger partial charge in [-0.3, -0.25) is 0 Å². The molecule has 0 N–H and O–H groups in total. The van der Waals surface area contributed by atoms with Crippen molar-refractivity contribution in [2.45, 2.75) is 56.9 Å². The Morgan fingerprint density at radius 2 is 2.20 bits per heavy atom. The van der Waals surface area contributed by atoms with Crippen molar-refractivity contribution < 1.29 is 0 Å². The summed E-state index contributed by atoms with van der Waals surface area (Å²) in [4.78, 5) is 2.54. The molecule has 0 amide bonds. The molecule has 1 heteroatoms. The monoisotopic (exact) mass is 267 g/mol. The first-order valence-electron chi connectivity index (χ1n) is 8.23. The van der Waals surface area contributed by atoms with Crippen LogP contribution in [0.15, 0.2) is 31.0 Å². The molecule has 1 nitrogen and oxygen atoms in total. The highest BCUT2D eigenvalue weighted by Crippen LogP contribution is 2.55. The van der Waals surface area contributed by atoms with Gasteiger partial charge in [-0.1, -0.05) is 43.2 Å². The summed E-state index contributed by atoms with van der Waals surface area (Å²) in [6.07, 6.45) is 10.3. The Morgan fingerprint density at radius 1 is 1.30 bits per heavy atom. The van der Waals surface area contributed by atoms with Gasteiger partial charge in [0.1, 0.15) is 0 Å². The minimum absolute atomic E-state index is 0.488. The first-order chi connectivity index (χ1) is 9.74. The quantitative estimate of drug-likeness (QED) is 0.737. The number of aryl methyl sites for hydroxylation is 1. The molecule has 4 rings (SSSR count). The summed E-state index contributed by atoms with van der Waals surface area (Å²) >= 11 is 0. The number of piperidine rings is 1. The van der Waals surface area contributed by atoms with Crippen molar-refractivity contribution >= 4 is 0 Å². The van der Waals surface area contributed by atoms with Crippen LogP contribution in [0, 0.1) is 12.8 Å². The van der Waals surface area contributed by atoms with Gasteiger partial charge in [-0.25, -0.2) is 0 Å². The second-order valence-electron chi connectivity index (χ2n) is 7.11. The second kappa shape index (κ2) is 4.38. The van der Waals surface area contributed by atoms with Crippen molar-refractivity contribution in [3.8, 4) is 0 Å². The number of rotatable bonds is 1. The molecule has 20 heavy (non-hydrogen) atoms. The molecule has 1 aliphatic heterocycles. The Bertz CT molecular complexity index is 547. The lowest BCUT2D eigenvalue weighted by Crippen LogP contribution is -2.59. The highest BCUT2D eigenvalue weighted by molar-refractivity contribution is 5.43. The lowest BCUT2D eigenvalue weighted by Gasteiger charge is -2.59. The number of benzene rings is 1. The third-order valence-corrected chi connectivity index (χ3v) is 6.27. The van der Waals surface area contributed by atoms with Crippen molar-refractivity contribution in [1.29, 1.82) is 0 Å². The van der Waals surface area contributed by atoms with Crippen molar-refractivity contribution in [2.24, 2.45) is 5.92 Å². The maximum absolute atomic E-state index is 4.06. The number of hydrogen-bond donors (Lipinski definition) is 0. The Morgan fingerprint density at radius 3 is 3.05 bits per heavy atom. The minimum Gasteiger partial charge on any atom is -0.374 e. The zero-order chi connectivity index (χ0) is 13.7. The number of nitrogens with zero attached hydrogens (tertiary/aromatic N) is 1. The van der Waals surface area contributed by atoms with Crippen LogP contribution in [0.2, 0.25) is 0 Å². The molecule has 3 aliphatic rings. The lowest BCUT2D eigenvalue weighted by atomic mass is 9.52. The third kappa shape index (κ3) is 1.55. The molecule has 0 aromatic heterocycles. The molecule has 0 radical (unpaired) electrons. The molecule has 1 saturated heterocycles. The zero-order valence-electron chi connectivity index (χ0n) is 12.6. The topological polar surface area (TPSA) is 3.24 Å². The van der Waals surface area contributed by atoms with Gasteiger partial charge in [0.15, 0.2) is 0 Å². The molecule has 3 atom stereocenters. The SMILES string of the molecule is C=CN1CC[C@@]23CCCC[C@@H]2[C@@H]1Cc1ccc(C)cc13. The van der Waals surface area contributed by atoms with Crippen LogP contribution < -0.4 is 0 Å². The fourth-order valence-corrected chi connectivity index (χ4v) is 5.38. The van der Waals surface area contributed by atoms with E-state index in [1.165, 1.54) is 50.6 Å². The van der Waals surface area contributed by atoms with Crippen LogP contribution in [-0.2, 0) is 11.8 Å². The molecule has 106 valence electrons. The van der Waals surface area contributed by atoms with Gasteiger partial charge in [0, 0.05) is 18.0 Å². The maximum atomic E-state index is 4.06. The zero-order valence-corrected chi connectivity index (χ0v) is 12.6. The highest BCUT2D eigenvalue weighted by Gasteiger charge is 2.53. The van der Waals surface area contributed by atoms with E-state index in [0.29, 0.717) is 11.5 Å². The first-order valence-corrected chi connectivity index (χ1v) is 8.23. The summed E-state index contributed by atoms with van der Waals surface area (Å²) in [6.45, 7) is 7.52. The van der Waals surface area contributed by atoms with Gasteiger partial charge in [-0.15, -0.1) is 0 Å². The summed E-state index contributed by atoms with van der Waals surface area (Å²) in [5.74, 6) is 0.859. The van der Waals surface area contributed by atoms with Crippen LogP contribution >= 0.6 is 0 Å². The van der Waals surface area contributed by atoms with Crippen molar-refractivity contribution in [1.82, 2.24) is 4.90 Å². The van der Waals surface area contributed by atoms with Crippen LogP contribution in [0.5, 0.6) is 0 Å². The van der Waals surface area contributed by atoms with Crippen molar-refractivity contribution in [2.75, 3.05) is 6.54 Å². The van der Waals surface area contributed by atoms with Gasteiger partial charge in [-0.2, -0.15) is 0 Å². The molecule has 2 aliphatic carbocycles. The molecular weight excluding hydrogens is 242 g/mol. The van der Waals surface area contributed by atoms with Gasteiger partial charge in [-0.05, 0) is 55.9 Å². The normalized spacial score (nSPS) is 35.1. The largest absolute Gasteiger partial charge is 0.374 e. The van der Waals surface area contributed by atoms with Gasteiger partial charge in [0.25, 0.3) is 0 Å². The molecule has 0 spiro atoms. The standard InChI is InChI=1S/C19H25N/c1-3-20-11-10-19-9-5-4-6-16(19)18(20)13-15-8-7-14(2)12-17(15)19/h3,7-8,12,16,18H,1,4-6,9-11,13H2,2H3/t16-,18+,19+/m1/s1. The highest BCUT2D eigenvalue weighted by atomic mass is 15.2. The van der Waals surface area contributed by atoms with Crippen LogP contribution in [-0.4, -0.2) is 17.5 Å². The van der Waals surface area contributed by atoms with Crippen molar-refractivity contribution in [3.63, 3.8) is 0 Å². The van der Waals surface area contributed by atoms with Gasteiger partial charge in [0.2, 0.25) is 0 Å². The van der Waals surface area contributed by atoms with Gasteiger partial charge in [0.05, 0.1) is 0 Å². The lowest BCUT2D eigenvalue weighted by molar-refractivity contribution is 0.0141. The molecule has 2 fully saturated rings. The molecule has 1 heterocycles. The minimum atomic E-state index is 0.488. The Kier molecular flexibility index (Phi) is 2.73. The molecule has 1 saturated carbocycles. The Labute approximate surface area is 122 Å².